The summed E-state index contributed by atoms with van der Waals surface area (Å²) in [6.45, 7) is 5.04. The zero-order valence-electron chi connectivity index (χ0n) is 15.4. The number of hydrogen-bond donors (Lipinski definition) is 2. The van der Waals surface area contributed by atoms with Crippen molar-refractivity contribution in [3.63, 3.8) is 0 Å². The minimum absolute atomic E-state index is 0.129. The van der Waals surface area contributed by atoms with Gasteiger partial charge in [0.05, 0.1) is 5.56 Å². The normalized spacial score (nSPS) is 14.1. The van der Waals surface area contributed by atoms with Crippen LogP contribution >= 0.6 is 0 Å². The highest BCUT2D eigenvalue weighted by Crippen LogP contribution is 2.22. The molecular weight excluding hydrogens is 326 g/mol. The fourth-order valence-electron chi connectivity index (χ4n) is 3.03. The first-order valence-electron chi connectivity index (χ1n) is 9.48. The summed E-state index contributed by atoms with van der Waals surface area (Å²) in [6, 6.07) is 8.34. The molecule has 0 bridgehead atoms. The van der Waals surface area contributed by atoms with Crippen molar-refractivity contribution >= 4 is 23.2 Å². The van der Waals surface area contributed by atoms with Gasteiger partial charge in [-0.2, -0.15) is 0 Å². The Morgan fingerprint density at radius 3 is 2.42 bits per heavy atom. The predicted octanol–water partition coefficient (Wildman–Crippen LogP) is 3.74. The monoisotopic (exact) mass is 353 g/mol. The summed E-state index contributed by atoms with van der Waals surface area (Å²) in [7, 11) is 0. The molecule has 1 aromatic carbocycles. The molecule has 2 aromatic rings. The first kappa shape index (κ1) is 18.2. The molecule has 6 heteroatoms. The van der Waals surface area contributed by atoms with Gasteiger partial charge in [-0.15, -0.1) is 0 Å². The molecule has 0 saturated carbocycles. The number of unbranched alkanes of at least 4 members (excludes halogenated alkanes) is 1. The lowest BCUT2D eigenvalue weighted by Gasteiger charge is -2.28. The number of carbonyl (C=O) groups excluding carboxylic acids is 1. The Hall–Kier alpha value is -2.63. The van der Waals surface area contributed by atoms with Crippen LogP contribution < -0.4 is 15.5 Å². The van der Waals surface area contributed by atoms with E-state index in [1.165, 1.54) is 24.9 Å². The molecule has 26 heavy (non-hydrogen) atoms. The third-order valence-corrected chi connectivity index (χ3v) is 4.57. The molecule has 1 amide bonds. The van der Waals surface area contributed by atoms with Gasteiger partial charge in [0.1, 0.15) is 0 Å². The molecule has 1 aliphatic rings. The summed E-state index contributed by atoms with van der Waals surface area (Å²) in [4.78, 5) is 22.9. The number of nitrogens with zero attached hydrogens (tertiary/aromatic N) is 3. The highest BCUT2D eigenvalue weighted by molar-refractivity contribution is 5.93. The summed E-state index contributed by atoms with van der Waals surface area (Å²) in [6.07, 6.45) is 9.01. The molecule has 138 valence electrons. The lowest BCUT2D eigenvalue weighted by atomic mass is 10.1. The standard InChI is InChI=1S/C20H27N5O/c1-2-3-11-21-19(26)16-14-22-20(23-15-16)24-17-7-9-18(10-8-17)25-12-5-4-6-13-25/h7-10,14-15H,2-6,11-13H2,1H3,(H,21,26)(H,22,23,24). The van der Waals surface area contributed by atoms with Gasteiger partial charge in [-0.25, -0.2) is 9.97 Å². The predicted molar refractivity (Wildman–Crippen MR) is 105 cm³/mol. The van der Waals surface area contributed by atoms with Crippen LogP contribution in [0, 0.1) is 0 Å². The molecule has 1 fully saturated rings. The average Bonchev–Trinajstić information content (AvgIpc) is 2.70. The molecular formula is C20H27N5O. The molecule has 0 atom stereocenters. The number of rotatable bonds is 7. The molecule has 0 unspecified atom stereocenters. The van der Waals surface area contributed by atoms with Crippen LogP contribution in [0.25, 0.3) is 0 Å². The van der Waals surface area contributed by atoms with Crippen LogP contribution in [0.1, 0.15) is 49.4 Å². The summed E-state index contributed by atoms with van der Waals surface area (Å²) in [5, 5.41) is 6.04. The molecule has 0 spiro atoms. The molecule has 1 aromatic heterocycles. The number of anilines is 3. The number of amides is 1. The van der Waals surface area contributed by atoms with E-state index in [4.69, 9.17) is 0 Å². The molecule has 1 saturated heterocycles. The number of benzene rings is 1. The maximum atomic E-state index is 12.0. The summed E-state index contributed by atoms with van der Waals surface area (Å²) in [5.41, 5.74) is 2.67. The second kappa shape index (κ2) is 9.17. The zero-order chi connectivity index (χ0) is 18.2. The van der Waals surface area contributed by atoms with E-state index in [1.54, 1.807) is 12.4 Å². The number of carbonyl (C=O) groups is 1. The van der Waals surface area contributed by atoms with Crippen molar-refractivity contribution in [1.29, 1.82) is 0 Å². The average molecular weight is 353 g/mol. The molecule has 3 rings (SSSR count). The van der Waals surface area contributed by atoms with Gasteiger partial charge < -0.3 is 15.5 Å². The maximum absolute atomic E-state index is 12.0. The molecule has 0 aliphatic carbocycles. The summed E-state index contributed by atoms with van der Waals surface area (Å²) < 4.78 is 0. The molecule has 1 aliphatic heterocycles. The van der Waals surface area contributed by atoms with Crippen molar-refractivity contribution in [3.8, 4) is 0 Å². The van der Waals surface area contributed by atoms with Crippen LogP contribution in [-0.4, -0.2) is 35.5 Å². The van der Waals surface area contributed by atoms with E-state index in [9.17, 15) is 4.79 Å². The third-order valence-electron chi connectivity index (χ3n) is 4.57. The Kier molecular flexibility index (Phi) is 6.41. The van der Waals surface area contributed by atoms with Gasteiger partial charge in [0.15, 0.2) is 0 Å². The third kappa shape index (κ3) is 4.94. The minimum Gasteiger partial charge on any atom is -0.372 e. The van der Waals surface area contributed by atoms with Crippen LogP contribution in [0.3, 0.4) is 0 Å². The molecule has 6 nitrogen and oxygen atoms in total. The summed E-state index contributed by atoms with van der Waals surface area (Å²) >= 11 is 0. The quantitative estimate of drug-likeness (QED) is 0.742. The van der Waals surface area contributed by atoms with Crippen LogP contribution in [-0.2, 0) is 0 Å². The molecule has 2 N–H and O–H groups in total. The molecule has 2 heterocycles. The van der Waals surface area contributed by atoms with Crippen molar-refractivity contribution < 1.29 is 4.79 Å². The van der Waals surface area contributed by atoms with Crippen molar-refractivity contribution in [2.45, 2.75) is 39.0 Å². The van der Waals surface area contributed by atoms with Gasteiger partial charge >= 0.3 is 0 Å². The van der Waals surface area contributed by atoms with E-state index in [-0.39, 0.29) is 5.91 Å². The van der Waals surface area contributed by atoms with E-state index >= 15 is 0 Å². The molecule has 0 radical (unpaired) electrons. The first-order valence-corrected chi connectivity index (χ1v) is 9.48. The Balaban J connectivity index is 1.56. The van der Waals surface area contributed by atoms with Crippen LogP contribution in [0.15, 0.2) is 36.7 Å². The first-order chi connectivity index (χ1) is 12.8. The maximum Gasteiger partial charge on any atom is 0.254 e. The van der Waals surface area contributed by atoms with Gasteiger partial charge in [0.2, 0.25) is 5.95 Å². The van der Waals surface area contributed by atoms with Crippen molar-refractivity contribution in [3.05, 3.63) is 42.2 Å². The highest BCUT2D eigenvalue weighted by atomic mass is 16.1. The van der Waals surface area contributed by atoms with Crippen molar-refractivity contribution in [2.24, 2.45) is 0 Å². The van der Waals surface area contributed by atoms with E-state index in [0.717, 1.165) is 31.6 Å². The van der Waals surface area contributed by atoms with E-state index in [0.29, 0.717) is 18.1 Å². The van der Waals surface area contributed by atoms with Crippen LogP contribution in [0.4, 0.5) is 17.3 Å². The van der Waals surface area contributed by atoms with E-state index < -0.39 is 0 Å². The van der Waals surface area contributed by atoms with Gasteiger partial charge in [0.25, 0.3) is 5.91 Å². The van der Waals surface area contributed by atoms with Crippen LogP contribution in [0.5, 0.6) is 0 Å². The summed E-state index contributed by atoms with van der Waals surface area (Å²) in [5.74, 6) is 0.358. The van der Waals surface area contributed by atoms with Crippen LogP contribution in [0.2, 0.25) is 0 Å². The minimum atomic E-state index is -0.129. The number of piperidine rings is 1. The second-order valence-corrected chi connectivity index (χ2v) is 6.62. The van der Waals surface area contributed by atoms with E-state index in [2.05, 4.69) is 44.6 Å². The topological polar surface area (TPSA) is 70.2 Å². The SMILES string of the molecule is CCCCNC(=O)c1cnc(Nc2ccc(N3CCCCC3)cc2)nc1. The Morgan fingerprint density at radius 1 is 1.08 bits per heavy atom. The smallest absolute Gasteiger partial charge is 0.254 e. The number of hydrogen-bond acceptors (Lipinski definition) is 5. The zero-order valence-corrected chi connectivity index (χ0v) is 15.4. The van der Waals surface area contributed by atoms with Crippen molar-refractivity contribution in [2.75, 3.05) is 29.9 Å². The lowest BCUT2D eigenvalue weighted by Crippen LogP contribution is -2.29. The van der Waals surface area contributed by atoms with Gasteiger partial charge in [-0.1, -0.05) is 13.3 Å². The second-order valence-electron chi connectivity index (χ2n) is 6.62. The Bertz CT molecular complexity index is 693. The number of aromatic nitrogens is 2. The fraction of sp³-hybridized carbons (Fsp3) is 0.450. The van der Waals surface area contributed by atoms with Gasteiger partial charge in [0, 0.05) is 43.4 Å². The largest absolute Gasteiger partial charge is 0.372 e. The van der Waals surface area contributed by atoms with Gasteiger partial charge in [-0.3, -0.25) is 4.79 Å². The fourth-order valence-corrected chi connectivity index (χ4v) is 3.03. The Labute approximate surface area is 155 Å². The van der Waals surface area contributed by atoms with Crippen molar-refractivity contribution in [1.82, 2.24) is 15.3 Å². The van der Waals surface area contributed by atoms with Gasteiger partial charge in [-0.05, 0) is 49.9 Å². The lowest BCUT2D eigenvalue weighted by molar-refractivity contribution is 0.0952. The van der Waals surface area contributed by atoms with E-state index in [1.807, 2.05) is 12.1 Å². The Morgan fingerprint density at radius 2 is 1.77 bits per heavy atom. The highest BCUT2D eigenvalue weighted by Gasteiger charge is 2.11. The number of nitrogens with one attached hydrogen (secondary N) is 2.